The van der Waals surface area contributed by atoms with Gasteiger partial charge in [0.2, 0.25) is 0 Å². The monoisotopic (exact) mass is 311 g/mol. The van der Waals surface area contributed by atoms with Crippen LogP contribution in [-0.2, 0) is 16.1 Å². The summed E-state index contributed by atoms with van der Waals surface area (Å²) in [6.07, 6.45) is 2.26. The van der Waals surface area contributed by atoms with E-state index >= 15 is 0 Å². The number of benzene rings is 2. The minimum Gasteiger partial charge on any atom is -0.479 e. The number of alkyl carbamates (subject to hydrolysis) is 1. The molecule has 0 aliphatic rings. The van der Waals surface area contributed by atoms with Gasteiger partial charge in [-0.05, 0) is 11.1 Å². The normalized spacial score (nSPS) is 11.8. The molecule has 5 heteroatoms. The van der Waals surface area contributed by atoms with Crippen LogP contribution in [0.15, 0.2) is 66.7 Å². The molecule has 0 heterocycles. The van der Waals surface area contributed by atoms with Crippen LogP contribution in [0, 0.1) is 0 Å². The quantitative estimate of drug-likeness (QED) is 0.859. The van der Waals surface area contributed by atoms with Crippen LogP contribution < -0.4 is 5.32 Å². The maximum absolute atomic E-state index is 11.7. The summed E-state index contributed by atoms with van der Waals surface area (Å²) in [5, 5.41) is 11.5. The highest BCUT2D eigenvalue weighted by Crippen LogP contribution is 2.04. The second-order valence-corrected chi connectivity index (χ2v) is 4.79. The molecular weight excluding hydrogens is 294 g/mol. The fourth-order valence-electron chi connectivity index (χ4n) is 1.86. The fraction of sp³-hybridized carbons (Fsp3) is 0.111. The number of carbonyl (C=O) groups excluding carboxylic acids is 1. The Labute approximate surface area is 134 Å². The van der Waals surface area contributed by atoms with Crippen molar-refractivity contribution in [2.24, 2.45) is 0 Å². The predicted octanol–water partition coefficient (Wildman–Crippen LogP) is 3.08. The smallest absolute Gasteiger partial charge is 0.408 e. The molecule has 0 aliphatic carbocycles. The summed E-state index contributed by atoms with van der Waals surface area (Å²) in [5.41, 5.74) is 1.67. The molecule has 2 rings (SSSR count). The van der Waals surface area contributed by atoms with Gasteiger partial charge in [0.05, 0.1) is 0 Å². The third-order valence-corrected chi connectivity index (χ3v) is 3.03. The second kappa shape index (κ2) is 8.38. The lowest BCUT2D eigenvalue weighted by Crippen LogP contribution is -2.39. The molecule has 2 N–H and O–H groups in total. The first-order valence-electron chi connectivity index (χ1n) is 7.08. The Bertz CT molecular complexity index is 668. The van der Waals surface area contributed by atoms with E-state index in [9.17, 15) is 9.59 Å². The topological polar surface area (TPSA) is 75.6 Å². The first kappa shape index (κ1) is 16.3. The van der Waals surface area contributed by atoms with Crippen molar-refractivity contribution in [2.75, 3.05) is 0 Å². The molecule has 23 heavy (non-hydrogen) atoms. The number of rotatable bonds is 6. The van der Waals surface area contributed by atoms with E-state index in [0.29, 0.717) is 0 Å². The Kier molecular flexibility index (Phi) is 5.94. The van der Waals surface area contributed by atoms with Gasteiger partial charge in [0.25, 0.3) is 0 Å². The summed E-state index contributed by atoms with van der Waals surface area (Å²) in [6, 6.07) is 17.2. The Hall–Kier alpha value is -3.08. The van der Waals surface area contributed by atoms with Crippen LogP contribution in [0.25, 0.3) is 6.08 Å². The van der Waals surface area contributed by atoms with E-state index in [2.05, 4.69) is 5.32 Å². The summed E-state index contributed by atoms with van der Waals surface area (Å²) in [6.45, 7) is 0.0847. The standard InChI is InChI=1S/C18H17NO4/c20-17(21)16(12-11-14-7-3-1-4-8-14)19-18(22)23-13-15-9-5-2-6-10-15/h1-12,16H,13H2,(H,19,22)(H,20,21)/b12-11+/t16-/m0/s1. The van der Waals surface area contributed by atoms with Crippen LogP contribution >= 0.6 is 0 Å². The third kappa shape index (κ3) is 5.67. The predicted molar refractivity (Wildman–Crippen MR) is 86.7 cm³/mol. The van der Waals surface area contributed by atoms with Crippen molar-refractivity contribution in [3.63, 3.8) is 0 Å². The van der Waals surface area contributed by atoms with E-state index in [-0.39, 0.29) is 6.61 Å². The summed E-state index contributed by atoms with van der Waals surface area (Å²) in [4.78, 5) is 22.9. The van der Waals surface area contributed by atoms with Crippen molar-refractivity contribution >= 4 is 18.1 Å². The van der Waals surface area contributed by atoms with Crippen LogP contribution in [0.5, 0.6) is 0 Å². The van der Waals surface area contributed by atoms with Crippen molar-refractivity contribution in [1.82, 2.24) is 5.32 Å². The molecular formula is C18H17NO4. The molecule has 1 amide bonds. The van der Waals surface area contributed by atoms with Gasteiger partial charge in [-0.15, -0.1) is 0 Å². The van der Waals surface area contributed by atoms with Crippen LogP contribution in [0.1, 0.15) is 11.1 Å². The molecule has 1 atom stereocenters. The van der Waals surface area contributed by atoms with E-state index in [1.807, 2.05) is 60.7 Å². The molecule has 0 aromatic heterocycles. The van der Waals surface area contributed by atoms with E-state index in [0.717, 1.165) is 11.1 Å². The van der Waals surface area contributed by atoms with Gasteiger partial charge in [-0.1, -0.05) is 72.8 Å². The number of aliphatic carboxylic acids is 1. The number of carbonyl (C=O) groups is 2. The van der Waals surface area contributed by atoms with Gasteiger partial charge in [-0.25, -0.2) is 9.59 Å². The molecule has 0 spiro atoms. The first-order valence-corrected chi connectivity index (χ1v) is 7.08. The SMILES string of the molecule is O=C(N[C@@H](/C=C/c1ccccc1)C(=O)O)OCc1ccccc1. The number of amides is 1. The minimum atomic E-state index is -1.16. The molecule has 5 nitrogen and oxygen atoms in total. The average Bonchev–Trinajstić information content (AvgIpc) is 2.58. The number of carboxylic acids is 1. The van der Waals surface area contributed by atoms with Crippen molar-refractivity contribution in [1.29, 1.82) is 0 Å². The Morgan fingerprint density at radius 3 is 2.26 bits per heavy atom. The molecule has 0 unspecified atom stereocenters. The van der Waals surface area contributed by atoms with Gasteiger partial charge in [-0.2, -0.15) is 0 Å². The highest BCUT2D eigenvalue weighted by atomic mass is 16.5. The Morgan fingerprint density at radius 1 is 1.04 bits per heavy atom. The van der Waals surface area contributed by atoms with Gasteiger partial charge >= 0.3 is 12.1 Å². The summed E-state index contributed by atoms with van der Waals surface area (Å²) in [7, 11) is 0. The summed E-state index contributed by atoms with van der Waals surface area (Å²) >= 11 is 0. The number of hydrogen-bond acceptors (Lipinski definition) is 3. The van der Waals surface area contributed by atoms with E-state index < -0.39 is 18.1 Å². The lowest BCUT2D eigenvalue weighted by atomic mass is 10.2. The van der Waals surface area contributed by atoms with Gasteiger partial charge < -0.3 is 15.2 Å². The van der Waals surface area contributed by atoms with E-state index in [1.54, 1.807) is 6.08 Å². The van der Waals surface area contributed by atoms with Crippen molar-refractivity contribution < 1.29 is 19.4 Å². The third-order valence-electron chi connectivity index (χ3n) is 3.03. The largest absolute Gasteiger partial charge is 0.479 e. The fourth-order valence-corrected chi connectivity index (χ4v) is 1.86. The zero-order chi connectivity index (χ0) is 16.5. The summed E-state index contributed by atoms with van der Waals surface area (Å²) < 4.78 is 5.01. The van der Waals surface area contributed by atoms with Gasteiger partial charge in [0, 0.05) is 0 Å². The molecule has 0 fully saturated rings. The molecule has 0 saturated carbocycles. The number of carboxylic acid groups (broad SMARTS) is 1. The molecule has 2 aromatic carbocycles. The Morgan fingerprint density at radius 2 is 1.65 bits per heavy atom. The van der Waals surface area contributed by atoms with E-state index in [1.165, 1.54) is 6.08 Å². The lowest BCUT2D eigenvalue weighted by Gasteiger charge is -2.11. The average molecular weight is 311 g/mol. The molecule has 2 aromatic rings. The van der Waals surface area contributed by atoms with E-state index in [4.69, 9.17) is 9.84 Å². The zero-order valence-corrected chi connectivity index (χ0v) is 12.4. The molecule has 0 bridgehead atoms. The zero-order valence-electron chi connectivity index (χ0n) is 12.4. The van der Waals surface area contributed by atoms with Crippen LogP contribution in [-0.4, -0.2) is 23.2 Å². The van der Waals surface area contributed by atoms with Gasteiger partial charge in [0.15, 0.2) is 0 Å². The highest BCUT2D eigenvalue weighted by Gasteiger charge is 2.17. The second-order valence-electron chi connectivity index (χ2n) is 4.79. The van der Waals surface area contributed by atoms with Gasteiger partial charge in [0.1, 0.15) is 12.6 Å². The highest BCUT2D eigenvalue weighted by molar-refractivity contribution is 5.82. The van der Waals surface area contributed by atoms with Crippen LogP contribution in [0.3, 0.4) is 0 Å². The first-order chi connectivity index (χ1) is 11.1. The summed E-state index contributed by atoms with van der Waals surface area (Å²) in [5.74, 6) is -1.16. The number of nitrogens with one attached hydrogen (secondary N) is 1. The number of hydrogen-bond donors (Lipinski definition) is 2. The molecule has 118 valence electrons. The molecule has 0 radical (unpaired) electrons. The van der Waals surface area contributed by atoms with Crippen molar-refractivity contribution in [2.45, 2.75) is 12.6 Å². The maximum atomic E-state index is 11.7. The maximum Gasteiger partial charge on any atom is 0.408 e. The van der Waals surface area contributed by atoms with Gasteiger partial charge in [-0.3, -0.25) is 0 Å². The van der Waals surface area contributed by atoms with Crippen LogP contribution in [0.4, 0.5) is 4.79 Å². The lowest BCUT2D eigenvalue weighted by molar-refractivity contribution is -0.138. The van der Waals surface area contributed by atoms with Crippen molar-refractivity contribution in [3.8, 4) is 0 Å². The minimum absolute atomic E-state index is 0.0847. The van der Waals surface area contributed by atoms with Crippen molar-refractivity contribution in [3.05, 3.63) is 77.9 Å². The molecule has 0 aliphatic heterocycles. The number of ether oxygens (including phenoxy) is 1. The molecule has 0 saturated heterocycles. The van der Waals surface area contributed by atoms with Crippen LogP contribution in [0.2, 0.25) is 0 Å². The Balaban J connectivity index is 1.90.